The molecular weight excluding hydrogens is 156 g/mol. The Bertz CT molecular complexity index is 116. The molecule has 3 heteroatoms. The standard InChI is InChI=1S/C9H18O3/c1-3-10-7-9-8(11-4-2)5-6-12-9/h8-9H,3-7H2,1-2H3. The van der Waals surface area contributed by atoms with Gasteiger partial charge in [-0.25, -0.2) is 0 Å². The van der Waals surface area contributed by atoms with Crippen molar-refractivity contribution in [3.63, 3.8) is 0 Å². The van der Waals surface area contributed by atoms with Crippen LogP contribution in [0.1, 0.15) is 20.3 Å². The van der Waals surface area contributed by atoms with Crippen molar-refractivity contribution in [1.82, 2.24) is 0 Å². The average molecular weight is 174 g/mol. The van der Waals surface area contributed by atoms with Gasteiger partial charge >= 0.3 is 0 Å². The van der Waals surface area contributed by atoms with Crippen LogP contribution in [-0.2, 0) is 14.2 Å². The Kier molecular flexibility index (Phi) is 4.58. The fraction of sp³-hybridized carbons (Fsp3) is 1.00. The Hall–Kier alpha value is -0.120. The van der Waals surface area contributed by atoms with Crippen molar-refractivity contribution in [2.75, 3.05) is 26.4 Å². The predicted octanol–water partition coefficient (Wildman–Crippen LogP) is 1.22. The van der Waals surface area contributed by atoms with Crippen LogP contribution in [-0.4, -0.2) is 38.6 Å². The van der Waals surface area contributed by atoms with Crippen molar-refractivity contribution in [3.8, 4) is 0 Å². The van der Waals surface area contributed by atoms with Crippen LogP contribution in [0.4, 0.5) is 0 Å². The minimum Gasteiger partial charge on any atom is -0.379 e. The van der Waals surface area contributed by atoms with Crippen LogP contribution in [0.15, 0.2) is 0 Å². The molecule has 0 aromatic carbocycles. The smallest absolute Gasteiger partial charge is 0.107 e. The quantitative estimate of drug-likeness (QED) is 0.627. The highest BCUT2D eigenvalue weighted by molar-refractivity contribution is 4.76. The van der Waals surface area contributed by atoms with Gasteiger partial charge in [0, 0.05) is 19.8 Å². The van der Waals surface area contributed by atoms with E-state index in [1.54, 1.807) is 0 Å². The molecule has 0 amide bonds. The van der Waals surface area contributed by atoms with E-state index < -0.39 is 0 Å². The summed E-state index contributed by atoms with van der Waals surface area (Å²) >= 11 is 0. The molecular formula is C9H18O3. The maximum Gasteiger partial charge on any atom is 0.107 e. The van der Waals surface area contributed by atoms with E-state index in [-0.39, 0.29) is 12.2 Å². The van der Waals surface area contributed by atoms with Crippen LogP contribution in [0, 0.1) is 0 Å². The molecule has 0 spiro atoms. The summed E-state index contributed by atoms with van der Waals surface area (Å²) < 4.78 is 16.3. The lowest BCUT2D eigenvalue weighted by molar-refractivity contribution is -0.0462. The van der Waals surface area contributed by atoms with Crippen LogP contribution < -0.4 is 0 Å². The van der Waals surface area contributed by atoms with E-state index in [2.05, 4.69) is 0 Å². The molecule has 0 saturated carbocycles. The molecule has 1 fully saturated rings. The highest BCUT2D eigenvalue weighted by Gasteiger charge is 2.28. The van der Waals surface area contributed by atoms with E-state index in [4.69, 9.17) is 14.2 Å². The Morgan fingerprint density at radius 1 is 1.33 bits per heavy atom. The van der Waals surface area contributed by atoms with Gasteiger partial charge in [0.15, 0.2) is 0 Å². The maximum absolute atomic E-state index is 5.51. The fourth-order valence-electron chi connectivity index (χ4n) is 1.42. The summed E-state index contributed by atoms with van der Waals surface area (Å²) in [5, 5.41) is 0. The van der Waals surface area contributed by atoms with E-state index in [1.807, 2.05) is 13.8 Å². The Labute approximate surface area is 74.0 Å². The molecule has 0 radical (unpaired) electrons. The second-order valence-corrected chi connectivity index (χ2v) is 2.85. The Morgan fingerprint density at radius 2 is 2.17 bits per heavy atom. The monoisotopic (exact) mass is 174 g/mol. The molecule has 0 bridgehead atoms. The molecule has 1 saturated heterocycles. The highest BCUT2D eigenvalue weighted by atomic mass is 16.6. The van der Waals surface area contributed by atoms with Crippen LogP contribution in [0.25, 0.3) is 0 Å². The van der Waals surface area contributed by atoms with Crippen molar-refractivity contribution in [3.05, 3.63) is 0 Å². The molecule has 1 rings (SSSR count). The van der Waals surface area contributed by atoms with E-state index >= 15 is 0 Å². The first-order valence-corrected chi connectivity index (χ1v) is 4.69. The fourth-order valence-corrected chi connectivity index (χ4v) is 1.42. The van der Waals surface area contributed by atoms with Crippen molar-refractivity contribution in [2.45, 2.75) is 32.5 Å². The van der Waals surface area contributed by atoms with Crippen LogP contribution >= 0.6 is 0 Å². The van der Waals surface area contributed by atoms with Crippen LogP contribution in [0.2, 0.25) is 0 Å². The Balaban J connectivity index is 2.20. The van der Waals surface area contributed by atoms with Gasteiger partial charge in [-0.3, -0.25) is 0 Å². The van der Waals surface area contributed by atoms with Gasteiger partial charge < -0.3 is 14.2 Å². The van der Waals surface area contributed by atoms with Gasteiger partial charge in [-0.1, -0.05) is 0 Å². The summed E-state index contributed by atoms with van der Waals surface area (Å²) in [6.45, 7) is 6.99. The second kappa shape index (κ2) is 5.51. The summed E-state index contributed by atoms with van der Waals surface area (Å²) in [5.41, 5.74) is 0. The zero-order valence-corrected chi connectivity index (χ0v) is 7.91. The van der Waals surface area contributed by atoms with Gasteiger partial charge in [-0.15, -0.1) is 0 Å². The second-order valence-electron chi connectivity index (χ2n) is 2.85. The lowest BCUT2D eigenvalue weighted by Gasteiger charge is -2.17. The summed E-state index contributed by atoms with van der Waals surface area (Å²) in [4.78, 5) is 0. The van der Waals surface area contributed by atoms with E-state index in [9.17, 15) is 0 Å². The van der Waals surface area contributed by atoms with Crippen molar-refractivity contribution in [2.24, 2.45) is 0 Å². The van der Waals surface area contributed by atoms with Gasteiger partial charge in [0.1, 0.15) is 6.10 Å². The molecule has 0 aromatic heterocycles. The van der Waals surface area contributed by atoms with Gasteiger partial charge in [0.25, 0.3) is 0 Å². The minimum absolute atomic E-state index is 0.157. The molecule has 12 heavy (non-hydrogen) atoms. The van der Waals surface area contributed by atoms with E-state index in [0.29, 0.717) is 6.61 Å². The largest absolute Gasteiger partial charge is 0.379 e. The normalized spacial score (nSPS) is 29.5. The molecule has 72 valence electrons. The molecule has 0 aromatic rings. The molecule has 1 heterocycles. The lowest BCUT2D eigenvalue weighted by Crippen LogP contribution is -2.29. The molecule has 2 atom stereocenters. The topological polar surface area (TPSA) is 27.7 Å². The highest BCUT2D eigenvalue weighted by Crippen LogP contribution is 2.17. The minimum atomic E-state index is 0.157. The number of hydrogen-bond donors (Lipinski definition) is 0. The number of rotatable bonds is 5. The summed E-state index contributed by atoms with van der Waals surface area (Å²) in [5.74, 6) is 0. The molecule has 0 aliphatic carbocycles. The van der Waals surface area contributed by atoms with Gasteiger partial charge in [0.05, 0.1) is 12.7 Å². The predicted molar refractivity (Wildman–Crippen MR) is 46.3 cm³/mol. The third-order valence-electron chi connectivity index (χ3n) is 2.02. The summed E-state index contributed by atoms with van der Waals surface area (Å²) in [7, 11) is 0. The average Bonchev–Trinajstić information content (AvgIpc) is 2.50. The van der Waals surface area contributed by atoms with Gasteiger partial charge in [-0.2, -0.15) is 0 Å². The number of ether oxygens (including phenoxy) is 3. The van der Waals surface area contributed by atoms with Gasteiger partial charge in [0.2, 0.25) is 0 Å². The van der Waals surface area contributed by atoms with E-state index in [0.717, 1.165) is 26.2 Å². The third kappa shape index (κ3) is 2.73. The zero-order chi connectivity index (χ0) is 8.81. The lowest BCUT2D eigenvalue weighted by atomic mass is 10.2. The van der Waals surface area contributed by atoms with Crippen molar-refractivity contribution < 1.29 is 14.2 Å². The molecule has 1 aliphatic heterocycles. The first-order chi connectivity index (χ1) is 5.88. The van der Waals surface area contributed by atoms with Crippen LogP contribution in [0.3, 0.4) is 0 Å². The maximum atomic E-state index is 5.51. The van der Waals surface area contributed by atoms with Crippen molar-refractivity contribution in [1.29, 1.82) is 0 Å². The summed E-state index contributed by atoms with van der Waals surface area (Å²) in [6.07, 6.45) is 1.41. The first-order valence-electron chi connectivity index (χ1n) is 4.69. The third-order valence-corrected chi connectivity index (χ3v) is 2.02. The SMILES string of the molecule is CCOCC1OCCC1OCC. The van der Waals surface area contributed by atoms with Crippen molar-refractivity contribution >= 4 is 0 Å². The van der Waals surface area contributed by atoms with Gasteiger partial charge in [-0.05, 0) is 20.3 Å². The van der Waals surface area contributed by atoms with E-state index in [1.165, 1.54) is 0 Å². The summed E-state index contributed by atoms with van der Waals surface area (Å²) in [6, 6.07) is 0. The molecule has 1 aliphatic rings. The zero-order valence-electron chi connectivity index (χ0n) is 7.91. The number of hydrogen-bond acceptors (Lipinski definition) is 3. The molecule has 2 unspecified atom stereocenters. The van der Waals surface area contributed by atoms with Crippen LogP contribution in [0.5, 0.6) is 0 Å². The first kappa shape index (κ1) is 9.96. The molecule has 3 nitrogen and oxygen atoms in total. The Morgan fingerprint density at radius 3 is 2.83 bits per heavy atom. The molecule has 0 N–H and O–H groups in total.